The smallest absolute Gasteiger partial charge is 0.255 e. The van der Waals surface area contributed by atoms with Gasteiger partial charge in [-0.3, -0.25) is 4.79 Å². The van der Waals surface area contributed by atoms with E-state index in [1.807, 2.05) is 11.8 Å². The third kappa shape index (κ3) is 2.57. The van der Waals surface area contributed by atoms with Crippen LogP contribution in [-0.2, 0) is 0 Å². The summed E-state index contributed by atoms with van der Waals surface area (Å²) in [6.07, 6.45) is 0.898. The molecule has 18 heavy (non-hydrogen) atoms. The molecule has 0 radical (unpaired) electrons. The molecular formula is C13H16BrFN2O. The molecule has 1 aromatic rings. The molecule has 3 nitrogen and oxygen atoms in total. The van der Waals surface area contributed by atoms with Gasteiger partial charge in [-0.15, -0.1) is 0 Å². The zero-order valence-corrected chi connectivity index (χ0v) is 11.8. The van der Waals surface area contributed by atoms with E-state index in [4.69, 9.17) is 0 Å². The van der Waals surface area contributed by atoms with Gasteiger partial charge in [-0.05, 0) is 34.5 Å². The summed E-state index contributed by atoms with van der Waals surface area (Å²) in [6, 6.07) is 4.80. The van der Waals surface area contributed by atoms with Gasteiger partial charge in [0.1, 0.15) is 5.82 Å². The first kappa shape index (κ1) is 13.5. The van der Waals surface area contributed by atoms with Crippen LogP contribution in [-0.4, -0.2) is 36.5 Å². The molecular weight excluding hydrogens is 299 g/mol. The lowest BCUT2D eigenvalue weighted by molar-refractivity contribution is 0.0614. The first-order valence-electron chi connectivity index (χ1n) is 6.10. The quantitative estimate of drug-likeness (QED) is 0.925. The number of benzene rings is 1. The summed E-state index contributed by atoms with van der Waals surface area (Å²) in [7, 11) is 0. The van der Waals surface area contributed by atoms with Gasteiger partial charge in [0.25, 0.3) is 5.91 Å². The van der Waals surface area contributed by atoms with Crippen molar-refractivity contribution in [2.24, 2.45) is 0 Å². The van der Waals surface area contributed by atoms with E-state index in [1.54, 1.807) is 12.1 Å². The van der Waals surface area contributed by atoms with Crippen LogP contribution >= 0.6 is 15.9 Å². The number of nitrogens with one attached hydrogen (secondary N) is 1. The summed E-state index contributed by atoms with van der Waals surface area (Å²) in [6.45, 7) is 4.37. The molecule has 98 valence electrons. The third-order valence-electron chi connectivity index (χ3n) is 3.11. The van der Waals surface area contributed by atoms with Crippen molar-refractivity contribution in [2.75, 3.05) is 19.6 Å². The topological polar surface area (TPSA) is 32.3 Å². The van der Waals surface area contributed by atoms with E-state index < -0.39 is 5.82 Å². The largest absolute Gasteiger partial charge is 0.333 e. The van der Waals surface area contributed by atoms with Crippen LogP contribution in [0.5, 0.6) is 0 Å². The molecule has 1 aromatic carbocycles. The van der Waals surface area contributed by atoms with Gasteiger partial charge in [0.05, 0.1) is 16.1 Å². The SMILES string of the molecule is CCCN(C(=O)c1cccc(F)c1Br)C1CNC1. The Bertz CT molecular complexity index is 449. The van der Waals surface area contributed by atoms with Crippen molar-refractivity contribution in [3.8, 4) is 0 Å². The zero-order valence-electron chi connectivity index (χ0n) is 10.2. The molecule has 0 spiro atoms. The lowest BCUT2D eigenvalue weighted by atomic mass is 10.1. The van der Waals surface area contributed by atoms with Crippen LogP contribution < -0.4 is 5.32 Å². The van der Waals surface area contributed by atoms with Gasteiger partial charge in [0.2, 0.25) is 0 Å². The molecule has 0 saturated carbocycles. The Hall–Kier alpha value is -0.940. The second kappa shape index (κ2) is 5.80. The predicted octanol–water partition coefficient (Wildman–Crippen LogP) is 2.41. The number of hydrogen-bond acceptors (Lipinski definition) is 2. The lowest BCUT2D eigenvalue weighted by Gasteiger charge is -2.38. The van der Waals surface area contributed by atoms with Crippen LogP contribution in [0.15, 0.2) is 22.7 Å². The fourth-order valence-electron chi connectivity index (χ4n) is 2.01. The summed E-state index contributed by atoms with van der Waals surface area (Å²) in [5.41, 5.74) is 0.398. The van der Waals surface area contributed by atoms with Gasteiger partial charge in [-0.25, -0.2) is 4.39 Å². The predicted molar refractivity (Wildman–Crippen MR) is 72.1 cm³/mol. The molecule has 0 unspecified atom stereocenters. The number of hydrogen-bond donors (Lipinski definition) is 1. The molecule has 0 aromatic heterocycles. The highest BCUT2D eigenvalue weighted by Crippen LogP contribution is 2.23. The van der Waals surface area contributed by atoms with E-state index in [2.05, 4.69) is 21.2 Å². The van der Waals surface area contributed by atoms with Gasteiger partial charge >= 0.3 is 0 Å². The van der Waals surface area contributed by atoms with Gasteiger partial charge in [-0.2, -0.15) is 0 Å². The number of amides is 1. The van der Waals surface area contributed by atoms with E-state index in [0.717, 1.165) is 19.5 Å². The van der Waals surface area contributed by atoms with E-state index in [9.17, 15) is 9.18 Å². The molecule has 1 heterocycles. The maximum absolute atomic E-state index is 13.5. The average molecular weight is 315 g/mol. The monoisotopic (exact) mass is 314 g/mol. The molecule has 0 aliphatic carbocycles. The first-order chi connectivity index (χ1) is 8.65. The Morgan fingerprint density at radius 2 is 2.28 bits per heavy atom. The van der Waals surface area contributed by atoms with Crippen LogP contribution in [0.25, 0.3) is 0 Å². The molecule has 1 saturated heterocycles. The molecule has 1 aliphatic heterocycles. The van der Waals surface area contributed by atoms with Gasteiger partial charge in [-0.1, -0.05) is 13.0 Å². The van der Waals surface area contributed by atoms with E-state index in [0.29, 0.717) is 12.1 Å². The molecule has 1 N–H and O–H groups in total. The Labute approximate surface area is 114 Å². The normalized spacial score (nSPS) is 15.3. The minimum Gasteiger partial charge on any atom is -0.333 e. The summed E-state index contributed by atoms with van der Waals surface area (Å²) in [4.78, 5) is 14.3. The number of carbonyl (C=O) groups excluding carboxylic acids is 1. The van der Waals surface area contributed by atoms with Crippen molar-refractivity contribution in [1.82, 2.24) is 10.2 Å². The fourth-order valence-corrected chi connectivity index (χ4v) is 2.44. The highest BCUT2D eigenvalue weighted by atomic mass is 79.9. The summed E-state index contributed by atoms with van der Waals surface area (Å²) < 4.78 is 13.7. The van der Waals surface area contributed by atoms with Crippen molar-refractivity contribution in [1.29, 1.82) is 0 Å². The Morgan fingerprint density at radius 1 is 1.56 bits per heavy atom. The summed E-state index contributed by atoms with van der Waals surface area (Å²) in [5.74, 6) is -0.501. The maximum Gasteiger partial charge on any atom is 0.255 e. The van der Waals surface area contributed by atoms with Crippen molar-refractivity contribution in [3.05, 3.63) is 34.1 Å². The highest BCUT2D eigenvalue weighted by Gasteiger charge is 2.29. The maximum atomic E-state index is 13.5. The van der Waals surface area contributed by atoms with Crippen molar-refractivity contribution < 1.29 is 9.18 Å². The minimum absolute atomic E-state index is 0.102. The highest BCUT2D eigenvalue weighted by molar-refractivity contribution is 9.10. The van der Waals surface area contributed by atoms with Gasteiger partial charge in [0.15, 0.2) is 0 Å². The molecule has 0 atom stereocenters. The Morgan fingerprint density at radius 3 is 2.83 bits per heavy atom. The standard InChI is InChI=1S/C13H16BrFN2O/c1-2-6-17(9-7-16-8-9)13(18)10-4-3-5-11(15)12(10)14/h3-5,9,16H,2,6-8H2,1H3. The van der Waals surface area contributed by atoms with Crippen LogP contribution in [0.1, 0.15) is 23.7 Å². The Kier molecular flexibility index (Phi) is 4.35. The van der Waals surface area contributed by atoms with Gasteiger partial charge in [0, 0.05) is 19.6 Å². The van der Waals surface area contributed by atoms with Crippen molar-refractivity contribution in [3.63, 3.8) is 0 Å². The van der Waals surface area contributed by atoms with Crippen LogP contribution in [0.3, 0.4) is 0 Å². The van der Waals surface area contributed by atoms with Crippen LogP contribution in [0, 0.1) is 5.82 Å². The van der Waals surface area contributed by atoms with E-state index in [-0.39, 0.29) is 16.4 Å². The molecule has 5 heteroatoms. The van der Waals surface area contributed by atoms with E-state index >= 15 is 0 Å². The molecule has 0 bridgehead atoms. The van der Waals surface area contributed by atoms with Crippen molar-refractivity contribution >= 4 is 21.8 Å². The van der Waals surface area contributed by atoms with Crippen molar-refractivity contribution in [2.45, 2.75) is 19.4 Å². The Balaban J connectivity index is 2.24. The molecule has 1 amide bonds. The number of carbonyl (C=O) groups is 1. The first-order valence-corrected chi connectivity index (χ1v) is 6.90. The fraction of sp³-hybridized carbons (Fsp3) is 0.462. The zero-order chi connectivity index (χ0) is 13.1. The lowest BCUT2D eigenvalue weighted by Crippen LogP contribution is -2.59. The van der Waals surface area contributed by atoms with E-state index in [1.165, 1.54) is 6.07 Å². The molecule has 1 aliphatic rings. The number of nitrogens with zero attached hydrogens (tertiary/aromatic N) is 1. The average Bonchev–Trinajstić information content (AvgIpc) is 2.29. The summed E-state index contributed by atoms with van der Waals surface area (Å²) in [5, 5.41) is 3.15. The second-order valence-corrected chi connectivity index (χ2v) is 5.20. The molecule has 1 fully saturated rings. The van der Waals surface area contributed by atoms with Gasteiger partial charge < -0.3 is 10.2 Å². The molecule has 2 rings (SSSR count). The van der Waals surface area contributed by atoms with Crippen LogP contribution in [0.2, 0.25) is 0 Å². The number of rotatable bonds is 4. The third-order valence-corrected chi connectivity index (χ3v) is 3.91. The minimum atomic E-state index is -0.399. The van der Waals surface area contributed by atoms with Crippen LogP contribution in [0.4, 0.5) is 4.39 Å². The second-order valence-electron chi connectivity index (χ2n) is 4.41. The number of halogens is 2. The summed E-state index contributed by atoms with van der Waals surface area (Å²) >= 11 is 3.15.